The Labute approximate surface area is 166 Å². The third kappa shape index (κ3) is 2.91. The van der Waals surface area contributed by atoms with Crippen LogP contribution in [0.3, 0.4) is 0 Å². The number of benzene rings is 1. The number of nitrogens with zero attached hydrogens (tertiary/aromatic N) is 4. The number of rotatable bonds is 4. The first-order valence-electron chi connectivity index (χ1n) is 9.37. The Morgan fingerprint density at radius 2 is 2.14 bits per heavy atom. The number of hydrogen-bond donors (Lipinski definition) is 1. The molecule has 0 unspecified atom stereocenters. The fourth-order valence-electron chi connectivity index (χ4n) is 3.83. The molecule has 5 rings (SSSR count). The van der Waals surface area contributed by atoms with E-state index in [0.29, 0.717) is 23.3 Å². The number of aromatic nitrogens is 5. The molecule has 0 spiro atoms. The van der Waals surface area contributed by atoms with Crippen molar-refractivity contribution >= 4 is 22.5 Å². The highest BCUT2D eigenvalue weighted by atomic mass is 35.5. The third-order valence-corrected chi connectivity index (χ3v) is 5.39. The van der Waals surface area contributed by atoms with Gasteiger partial charge in [-0.05, 0) is 50.6 Å². The Morgan fingerprint density at radius 1 is 1.25 bits per heavy atom. The summed E-state index contributed by atoms with van der Waals surface area (Å²) in [6, 6.07) is 9.94. The second-order valence-corrected chi connectivity index (χ2v) is 7.79. The zero-order chi connectivity index (χ0) is 19.3. The first-order valence-corrected chi connectivity index (χ1v) is 9.75. The smallest absolute Gasteiger partial charge is 0.233 e. The first kappa shape index (κ1) is 17.5. The van der Waals surface area contributed by atoms with Gasteiger partial charge >= 0.3 is 0 Å². The zero-order valence-corrected chi connectivity index (χ0v) is 16.3. The van der Waals surface area contributed by atoms with Gasteiger partial charge in [0, 0.05) is 34.8 Å². The Bertz CT molecular complexity index is 1130. The lowest BCUT2D eigenvalue weighted by molar-refractivity contribution is 0.0901. The van der Waals surface area contributed by atoms with Crippen molar-refractivity contribution in [2.24, 2.45) is 0 Å². The molecule has 3 aromatic heterocycles. The molecule has 1 aliphatic heterocycles. The molecule has 0 radical (unpaired) electrons. The average Bonchev–Trinajstić information content (AvgIpc) is 3.44. The summed E-state index contributed by atoms with van der Waals surface area (Å²) < 4.78 is 13.6. The topological polar surface area (TPSA) is 81.8 Å². The first-order chi connectivity index (χ1) is 13.6. The van der Waals surface area contributed by atoms with Crippen LogP contribution < -0.4 is 0 Å². The molecule has 1 fully saturated rings. The summed E-state index contributed by atoms with van der Waals surface area (Å²) in [6.45, 7) is 4.86. The van der Waals surface area contributed by atoms with Gasteiger partial charge in [0.1, 0.15) is 6.10 Å². The molecule has 144 valence electrons. The Kier molecular flexibility index (Phi) is 4.21. The van der Waals surface area contributed by atoms with Gasteiger partial charge in [0.2, 0.25) is 11.7 Å². The van der Waals surface area contributed by atoms with E-state index in [-0.39, 0.29) is 18.1 Å². The van der Waals surface area contributed by atoms with E-state index >= 15 is 0 Å². The van der Waals surface area contributed by atoms with Gasteiger partial charge in [-0.1, -0.05) is 16.8 Å². The van der Waals surface area contributed by atoms with Gasteiger partial charge in [-0.2, -0.15) is 10.1 Å². The lowest BCUT2D eigenvalue weighted by Gasteiger charge is -2.19. The summed E-state index contributed by atoms with van der Waals surface area (Å²) in [5.41, 5.74) is 2.82. The van der Waals surface area contributed by atoms with Crippen molar-refractivity contribution in [3.05, 3.63) is 53.1 Å². The molecule has 1 N–H and O–H groups in total. The molecular weight excluding hydrogens is 378 g/mol. The minimum absolute atomic E-state index is 0.00859. The number of nitrogens with one attached hydrogen (secondary N) is 1. The van der Waals surface area contributed by atoms with Crippen LogP contribution >= 0.6 is 11.6 Å². The van der Waals surface area contributed by atoms with E-state index in [1.165, 1.54) is 0 Å². The van der Waals surface area contributed by atoms with Crippen LogP contribution in [0.5, 0.6) is 0 Å². The van der Waals surface area contributed by atoms with Gasteiger partial charge in [-0.15, -0.1) is 0 Å². The van der Waals surface area contributed by atoms with Crippen molar-refractivity contribution in [1.29, 1.82) is 0 Å². The molecule has 2 atom stereocenters. The normalized spacial score (nSPS) is 19.9. The summed E-state index contributed by atoms with van der Waals surface area (Å²) >= 11 is 6.08. The van der Waals surface area contributed by atoms with Crippen molar-refractivity contribution < 1.29 is 9.26 Å². The monoisotopic (exact) mass is 397 g/mol. The van der Waals surface area contributed by atoms with Gasteiger partial charge in [0.15, 0.2) is 0 Å². The second-order valence-electron chi connectivity index (χ2n) is 7.35. The highest BCUT2D eigenvalue weighted by molar-refractivity contribution is 6.31. The van der Waals surface area contributed by atoms with E-state index < -0.39 is 0 Å². The van der Waals surface area contributed by atoms with Crippen molar-refractivity contribution in [3.8, 4) is 11.5 Å². The van der Waals surface area contributed by atoms with E-state index in [1.54, 1.807) is 0 Å². The SMILES string of the molecule is CC(C)n1nccc1[C@H]1OCC[C@@H]1c1nc(-c2cc3cc(Cl)ccc3[nH]2)no1. The van der Waals surface area contributed by atoms with Crippen LogP contribution in [0, 0.1) is 0 Å². The Hall–Kier alpha value is -2.64. The van der Waals surface area contributed by atoms with Crippen molar-refractivity contribution in [2.45, 2.75) is 38.3 Å². The van der Waals surface area contributed by atoms with Gasteiger partial charge < -0.3 is 14.2 Å². The van der Waals surface area contributed by atoms with Crippen LogP contribution in [0.2, 0.25) is 5.02 Å². The van der Waals surface area contributed by atoms with E-state index in [0.717, 1.165) is 28.7 Å². The van der Waals surface area contributed by atoms with Gasteiger partial charge in [0.25, 0.3) is 0 Å². The van der Waals surface area contributed by atoms with Crippen molar-refractivity contribution in [2.75, 3.05) is 6.61 Å². The predicted octanol–water partition coefficient (Wildman–Crippen LogP) is 4.89. The summed E-state index contributed by atoms with van der Waals surface area (Å²) in [4.78, 5) is 7.98. The molecule has 7 nitrogen and oxygen atoms in total. The lowest BCUT2D eigenvalue weighted by atomic mass is 9.98. The fraction of sp³-hybridized carbons (Fsp3) is 0.350. The number of ether oxygens (including phenoxy) is 1. The quantitative estimate of drug-likeness (QED) is 0.530. The highest BCUT2D eigenvalue weighted by Gasteiger charge is 2.37. The maximum absolute atomic E-state index is 6.08. The molecule has 4 heterocycles. The average molecular weight is 398 g/mol. The van der Waals surface area contributed by atoms with Crippen LogP contribution in [-0.2, 0) is 4.74 Å². The predicted molar refractivity (Wildman–Crippen MR) is 105 cm³/mol. The van der Waals surface area contributed by atoms with Crippen molar-refractivity contribution in [1.82, 2.24) is 24.9 Å². The van der Waals surface area contributed by atoms with Crippen LogP contribution in [0.25, 0.3) is 22.4 Å². The molecule has 0 bridgehead atoms. The van der Waals surface area contributed by atoms with Gasteiger partial charge in [0.05, 0.1) is 17.3 Å². The van der Waals surface area contributed by atoms with Crippen molar-refractivity contribution in [3.63, 3.8) is 0 Å². The fourth-order valence-corrected chi connectivity index (χ4v) is 4.01. The molecule has 0 amide bonds. The molecule has 0 saturated carbocycles. The summed E-state index contributed by atoms with van der Waals surface area (Å²) in [5, 5.41) is 10.3. The minimum Gasteiger partial charge on any atom is -0.371 e. The van der Waals surface area contributed by atoms with Crippen LogP contribution in [0.15, 0.2) is 41.1 Å². The number of halogens is 1. The van der Waals surface area contributed by atoms with E-state index in [2.05, 4.69) is 34.1 Å². The standard InChI is InChI=1S/C20H20ClN5O2/c1-11(2)26-17(5-7-22-26)18-14(6-8-27-18)20-24-19(25-28-20)16-10-12-9-13(21)3-4-15(12)23-16/h3-5,7,9-11,14,18,23H,6,8H2,1-2H3/t14-,18-/m0/s1. The maximum Gasteiger partial charge on any atom is 0.233 e. The van der Waals surface area contributed by atoms with E-state index in [4.69, 9.17) is 20.9 Å². The number of H-pyrrole nitrogens is 1. The second kappa shape index (κ2) is 6.76. The molecule has 4 aromatic rings. The number of hydrogen-bond acceptors (Lipinski definition) is 5. The molecule has 0 aliphatic carbocycles. The zero-order valence-electron chi connectivity index (χ0n) is 15.6. The molecule has 1 aliphatic rings. The number of aromatic amines is 1. The summed E-state index contributed by atoms with van der Waals surface area (Å²) in [5.74, 6) is 1.13. The lowest BCUT2D eigenvalue weighted by Crippen LogP contribution is -2.15. The Morgan fingerprint density at radius 3 is 3.00 bits per heavy atom. The third-order valence-electron chi connectivity index (χ3n) is 5.16. The highest BCUT2D eigenvalue weighted by Crippen LogP contribution is 2.42. The largest absolute Gasteiger partial charge is 0.371 e. The number of fused-ring (bicyclic) bond motifs is 1. The molecule has 1 aromatic carbocycles. The van der Waals surface area contributed by atoms with Gasteiger partial charge in [-0.3, -0.25) is 4.68 Å². The van der Waals surface area contributed by atoms with Crippen LogP contribution in [-0.4, -0.2) is 31.5 Å². The summed E-state index contributed by atoms with van der Waals surface area (Å²) in [6.07, 6.45) is 2.50. The minimum atomic E-state index is -0.139. The maximum atomic E-state index is 6.08. The van der Waals surface area contributed by atoms with Crippen LogP contribution in [0.1, 0.15) is 49.9 Å². The Balaban J connectivity index is 1.47. The molecule has 8 heteroatoms. The molecular formula is C20H20ClN5O2. The van der Waals surface area contributed by atoms with E-state index in [9.17, 15) is 0 Å². The molecule has 1 saturated heterocycles. The summed E-state index contributed by atoms with van der Waals surface area (Å²) in [7, 11) is 0. The van der Waals surface area contributed by atoms with Gasteiger partial charge in [-0.25, -0.2) is 0 Å². The van der Waals surface area contributed by atoms with Crippen LogP contribution in [0.4, 0.5) is 0 Å². The molecule has 28 heavy (non-hydrogen) atoms. The van der Waals surface area contributed by atoms with E-state index in [1.807, 2.05) is 41.2 Å².